The molecule has 0 aromatic heterocycles. The first-order valence-electron chi connectivity index (χ1n) is 7.49. The fourth-order valence-electron chi connectivity index (χ4n) is 2.53. The second-order valence-electron chi connectivity index (χ2n) is 7.58. The minimum absolute atomic E-state index is 0.177. The molecule has 0 spiro atoms. The van der Waals surface area contributed by atoms with Gasteiger partial charge in [-0.05, 0) is 48.9 Å². The van der Waals surface area contributed by atoms with Crippen LogP contribution in [0.2, 0.25) is 0 Å². The maximum Gasteiger partial charge on any atom is 0.00967 e. The standard InChI is InChI=1S/C19H27N/c1-18(2,3)20-14-19(4,5)13-16-11-8-10-15-9-6-7-12-17(15)16/h6-12,20H,13-14H2,1-5H3. The number of nitrogens with one attached hydrogen (secondary N) is 1. The van der Waals surface area contributed by atoms with Crippen LogP contribution in [0.5, 0.6) is 0 Å². The van der Waals surface area contributed by atoms with Crippen molar-refractivity contribution in [2.75, 3.05) is 6.54 Å². The molecule has 0 saturated heterocycles. The van der Waals surface area contributed by atoms with Crippen LogP contribution in [-0.4, -0.2) is 12.1 Å². The molecule has 1 heteroatoms. The number of benzene rings is 2. The van der Waals surface area contributed by atoms with E-state index < -0.39 is 0 Å². The smallest absolute Gasteiger partial charge is 0.00967 e. The fourth-order valence-corrected chi connectivity index (χ4v) is 2.53. The minimum atomic E-state index is 0.177. The zero-order valence-corrected chi connectivity index (χ0v) is 13.5. The second kappa shape index (κ2) is 5.57. The Morgan fingerprint density at radius 2 is 1.50 bits per heavy atom. The summed E-state index contributed by atoms with van der Waals surface area (Å²) in [5, 5.41) is 6.36. The van der Waals surface area contributed by atoms with E-state index in [0.29, 0.717) is 0 Å². The number of fused-ring (bicyclic) bond motifs is 1. The van der Waals surface area contributed by atoms with E-state index in [1.165, 1.54) is 16.3 Å². The van der Waals surface area contributed by atoms with E-state index in [0.717, 1.165) is 13.0 Å². The quantitative estimate of drug-likeness (QED) is 0.841. The van der Waals surface area contributed by atoms with Gasteiger partial charge in [-0.1, -0.05) is 56.3 Å². The second-order valence-corrected chi connectivity index (χ2v) is 7.58. The van der Waals surface area contributed by atoms with Crippen molar-refractivity contribution in [1.29, 1.82) is 0 Å². The largest absolute Gasteiger partial charge is 0.312 e. The molecule has 0 heterocycles. The third-order valence-electron chi connectivity index (χ3n) is 3.65. The van der Waals surface area contributed by atoms with E-state index in [1.54, 1.807) is 0 Å². The summed E-state index contributed by atoms with van der Waals surface area (Å²) in [4.78, 5) is 0. The molecule has 0 aliphatic rings. The lowest BCUT2D eigenvalue weighted by Gasteiger charge is -2.31. The normalized spacial score (nSPS) is 12.8. The van der Waals surface area contributed by atoms with Gasteiger partial charge in [-0.25, -0.2) is 0 Å². The molecule has 108 valence electrons. The summed E-state index contributed by atoms with van der Waals surface area (Å²) in [6, 6.07) is 15.3. The molecule has 0 unspecified atom stereocenters. The van der Waals surface area contributed by atoms with E-state index in [-0.39, 0.29) is 11.0 Å². The van der Waals surface area contributed by atoms with E-state index in [1.807, 2.05) is 0 Å². The molecule has 0 amide bonds. The fraction of sp³-hybridized carbons (Fsp3) is 0.474. The van der Waals surface area contributed by atoms with Gasteiger partial charge in [0, 0.05) is 12.1 Å². The van der Waals surface area contributed by atoms with E-state index >= 15 is 0 Å². The zero-order chi connectivity index (χ0) is 14.8. The van der Waals surface area contributed by atoms with Crippen LogP contribution in [0, 0.1) is 5.41 Å². The summed E-state index contributed by atoms with van der Waals surface area (Å²) in [5.74, 6) is 0. The molecular weight excluding hydrogens is 242 g/mol. The highest BCUT2D eigenvalue weighted by Gasteiger charge is 2.22. The van der Waals surface area contributed by atoms with Gasteiger partial charge in [0.25, 0.3) is 0 Å². The van der Waals surface area contributed by atoms with Gasteiger partial charge in [0.2, 0.25) is 0 Å². The van der Waals surface area contributed by atoms with Crippen LogP contribution in [-0.2, 0) is 6.42 Å². The molecule has 2 aromatic carbocycles. The average Bonchev–Trinajstić information content (AvgIpc) is 2.36. The lowest BCUT2D eigenvalue weighted by molar-refractivity contribution is 0.289. The van der Waals surface area contributed by atoms with Gasteiger partial charge in [0.15, 0.2) is 0 Å². The summed E-state index contributed by atoms with van der Waals surface area (Å²) in [6.07, 6.45) is 1.09. The van der Waals surface area contributed by atoms with Gasteiger partial charge in [0.1, 0.15) is 0 Å². The van der Waals surface area contributed by atoms with Crippen molar-refractivity contribution in [2.45, 2.75) is 46.6 Å². The highest BCUT2D eigenvalue weighted by molar-refractivity contribution is 5.85. The molecule has 20 heavy (non-hydrogen) atoms. The number of hydrogen-bond donors (Lipinski definition) is 1. The van der Waals surface area contributed by atoms with Crippen molar-refractivity contribution in [3.8, 4) is 0 Å². The average molecular weight is 269 g/mol. The van der Waals surface area contributed by atoms with E-state index in [2.05, 4.69) is 82.4 Å². The molecule has 0 atom stereocenters. The molecule has 2 aromatic rings. The first-order chi connectivity index (χ1) is 9.27. The van der Waals surface area contributed by atoms with Gasteiger partial charge in [-0.2, -0.15) is 0 Å². The van der Waals surface area contributed by atoms with Crippen LogP contribution in [0.4, 0.5) is 0 Å². The Morgan fingerprint density at radius 1 is 0.850 bits per heavy atom. The van der Waals surface area contributed by atoms with Crippen LogP contribution in [0.25, 0.3) is 10.8 Å². The Hall–Kier alpha value is -1.34. The third-order valence-corrected chi connectivity index (χ3v) is 3.65. The van der Waals surface area contributed by atoms with Gasteiger partial charge in [-0.15, -0.1) is 0 Å². The van der Waals surface area contributed by atoms with Crippen molar-refractivity contribution < 1.29 is 0 Å². The topological polar surface area (TPSA) is 12.0 Å². The van der Waals surface area contributed by atoms with Gasteiger partial charge in [-0.3, -0.25) is 0 Å². The summed E-state index contributed by atoms with van der Waals surface area (Å²) in [6.45, 7) is 12.4. The molecule has 0 radical (unpaired) electrons. The monoisotopic (exact) mass is 269 g/mol. The minimum Gasteiger partial charge on any atom is -0.312 e. The maximum atomic E-state index is 3.63. The predicted octanol–water partition coefficient (Wildman–Crippen LogP) is 4.80. The van der Waals surface area contributed by atoms with Gasteiger partial charge >= 0.3 is 0 Å². The highest BCUT2D eigenvalue weighted by atomic mass is 14.9. The third kappa shape index (κ3) is 4.08. The predicted molar refractivity (Wildman–Crippen MR) is 89.2 cm³/mol. The number of hydrogen-bond acceptors (Lipinski definition) is 1. The summed E-state index contributed by atoms with van der Waals surface area (Å²) < 4.78 is 0. The Bertz CT molecular complexity index is 570. The van der Waals surface area contributed by atoms with Crippen molar-refractivity contribution in [1.82, 2.24) is 5.32 Å². The van der Waals surface area contributed by atoms with Crippen molar-refractivity contribution >= 4 is 10.8 Å². The van der Waals surface area contributed by atoms with Crippen LogP contribution in [0.1, 0.15) is 40.2 Å². The Labute approximate surface area is 123 Å². The highest BCUT2D eigenvalue weighted by Crippen LogP contribution is 2.27. The first-order valence-corrected chi connectivity index (χ1v) is 7.49. The molecule has 0 bridgehead atoms. The molecule has 0 fully saturated rings. The van der Waals surface area contributed by atoms with Crippen LogP contribution < -0.4 is 5.32 Å². The van der Waals surface area contributed by atoms with Crippen molar-refractivity contribution in [3.05, 3.63) is 48.0 Å². The maximum absolute atomic E-state index is 3.63. The van der Waals surface area contributed by atoms with Crippen molar-refractivity contribution in [3.63, 3.8) is 0 Å². The van der Waals surface area contributed by atoms with E-state index in [9.17, 15) is 0 Å². The first kappa shape index (κ1) is 15.1. The van der Waals surface area contributed by atoms with Gasteiger partial charge < -0.3 is 5.32 Å². The molecule has 0 aliphatic carbocycles. The van der Waals surface area contributed by atoms with Crippen LogP contribution in [0.15, 0.2) is 42.5 Å². The Balaban J connectivity index is 2.19. The number of rotatable bonds is 4. The lowest BCUT2D eigenvalue weighted by Crippen LogP contribution is -2.42. The molecule has 1 N–H and O–H groups in total. The molecule has 1 nitrogen and oxygen atoms in total. The van der Waals surface area contributed by atoms with E-state index in [4.69, 9.17) is 0 Å². The molecule has 0 saturated carbocycles. The summed E-state index contributed by atoms with van der Waals surface area (Å²) in [5.41, 5.74) is 1.87. The molecular formula is C19H27N. The summed E-state index contributed by atoms with van der Waals surface area (Å²) >= 11 is 0. The molecule has 2 rings (SSSR count). The van der Waals surface area contributed by atoms with Crippen molar-refractivity contribution in [2.24, 2.45) is 5.41 Å². The Morgan fingerprint density at radius 3 is 2.20 bits per heavy atom. The zero-order valence-electron chi connectivity index (χ0n) is 13.5. The SMILES string of the molecule is CC(C)(CNC(C)(C)C)Cc1cccc2ccccc12. The molecule has 0 aliphatic heterocycles. The van der Waals surface area contributed by atoms with Crippen LogP contribution in [0.3, 0.4) is 0 Å². The lowest BCUT2D eigenvalue weighted by atomic mass is 9.83. The van der Waals surface area contributed by atoms with Crippen LogP contribution >= 0.6 is 0 Å². The summed E-state index contributed by atoms with van der Waals surface area (Å²) in [7, 11) is 0. The van der Waals surface area contributed by atoms with Gasteiger partial charge in [0.05, 0.1) is 0 Å². The Kier molecular flexibility index (Phi) is 4.19.